The van der Waals surface area contributed by atoms with Gasteiger partial charge in [-0.2, -0.15) is 0 Å². The van der Waals surface area contributed by atoms with E-state index in [4.69, 9.17) is 0 Å². The molecule has 0 aromatic heterocycles. The number of hydrogen-bond donors (Lipinski definition) is 2. The number of carbonyl (C=O) groups excluding carboxylic acids is 1. The molecule has 1 saturated carbocycles. The number of anilines is 2. The van der Waals surface area contributed by atoms with Crippen molar-refractivity contribution in [2.75, 3.05) is 36.4 Å². The molecule has 2 N–H and O–H groups in total. The molecule has 6 nitrogen and oxygen atoms in total. The Labute approximate surface area is 183 Å². The van der Waals surface area contributed by atoms with Gasteiger partial charge in [0.1, 0.15) is 0 Å². The Morgan fingerprint density at radius 1 is 0.935 bits per heavy atom. The average molecular weight is 422 g/mol. The first-order valence-electron chi connectivity index (χ1n) is 11.3. The molecule has 0 unspecified atom stereocenters. The summed E-state index contributed by atoms with van der Waals surface area (Å²) in [5, 5.41) is 12.4. The largest absolute Gasteiger partial charge is 0.478 e. The minimum absolute atomic E-state index is 0.170. The molecule has 0 radical (unpaired) electrons. The maximum absolute atomic E-state index is 12.9. The number of carboxylic acid groups (broad SMARTS) is 1. The van der Waals surface area contributed by atoms with Gasteiger partial charge in [-0.25, -0.2) is 4.79 Å². The fourth-order valence-corrected chi connectivity index (χ4v) is 4.80. The molecular formula is C25H31N3O3. The third-order valence-electron chi connectivity index (χ3n) is 6.52. The Morgan fingerprint density at radius 3 is 2.35 bits per heavy atom. The molecule has 2 aromatic rings. The molecule has 0 spiro atoms. The predicted molar refractivity (Wildman–Crippen MR) is 123 cm³/mol. The van der Waals surface area contributed by atoms with Gasteiger partial charge in [-0.3, -0.25) is 9.69 Å². The standard InChI is InChI=1S/C25H31N3O3/c1-18-6-5-7-19(16-18)24(29)26-22-17-20(25(30)31)10-11-23(22)28-14-12-27(13-15-28)21-8-3-2-4-9-21/h5-7,10-11,16-17,21H,2-4,8-9,12-15H2,1H3,(H,26,29)(H,30,31). The molecule has 1 aliphatic carbocycles. The molecule has 2 aromatic carbocycles. The first kappa shape index (κ1) is 21.4. The molecule has 0 atom stereocenters. The minimum atomic E-state index is -1.00. The van der Waals surface area contributed by atoms with Gasteiger partial charge >= 0.3 is 5.97 Å². The molecule has 6 heteroatoms. The summed E-state index contributed by atoms with van der Waals surface area (Å²) < 4.78 is 0. The zero-order chi connectivity index (χ0) is 21.8. The van der Waals surface area contributed by atoms with Crippen molar-refractivity contribution in [1.29, 1.82) is 0 Å². The third kappa shape index (κ3) is 5.07. The zero-order valence-corrected chi connectivity index (χ0v) is 18.1. The number of carboxylic acids is 1. The van der Waals surface area contributed by atoms with Crippen LogP contribution in [0.15, 0.2) is 42.5 Å². The smallest absolute Gasteiger partial charge is 0.335 e. The number of amides is 1. The van der Waals surface area contributed by atoms with Gasteiger partial charge in [0, 0.05) is 37.8 Å². The Hall–Kier alpha value is -2.86. The summed E-state index contributed by atoms with van der Waals surface area (Å²) in [6.45, 7) is 5.68. The fourth-order valence-electron chi connectivity index (χ4n) is 4.80. The summed E-state index contributed by atoms with van der Waals surface area (Å²) in [6, 6.07) is 13.1. The molecule has 1 aliphatic heterocycles. The number of aromatic carboxylic acids is 1. The Balaban J connectivity index is 1.52. The van der Waals surface area contributed by atoms with E-state index in [-0.39, 0.29) is 11.5 Å². The van der Waals surface area contributed by atoms with Gasteiger partial charge in [0.25, 0.3) is 5.91 Å². The van der Waals surface area contributed by atoms with Crippen molar-refractivity contribution >= 4 is 23.3 Å². The lowest BCUT2D eigenvalue weighted by Gasteiger charge is -2.42. The first-order chi connectivity index (χ1) is 15.0. The highest BCUT2D eigenvalue weighted by Gasteiger charge is 2.26. The van der Waals surface area contributed by atoms with Gasteiger partial charge < -0.3 is 15.3 Å². The maximum Gasteiger partial charge on any atom is 0.335 e. The number of nitrogens with one attached hydrogen (secondary N) is 1. The van der Waals surface area contributed by atoms with Crippen LogP contribution in [0.1, 0.15) is 58.4 Å². The minimum Gasteiger partial charge on any atom is -0.478 e. The molecule has 31 heavy (non-hydrogen) atoms. The third-order valence-corrected chi connectivity index (χ3v) is 6.52. The highest BCUT2D eigenvalue weighted by molar-refractivity contribution is 6.06. The molecule has 0 bridgehead atoms. The van der Waals surface area contributed by atoms with Gasteiger partial charge in [0.15, 0.2) is 0 Å². The molecular weight excluding hydrogens is 390 g/mol. The molecule has 1 saturated heterocycles. The number of carbonyl (C=O) groups is 2. The van der Waals surface area contributed by atoms with Crippen LogP contribution in [0.4, 0.5) is 11.4 Å². The highest BCUT2D eigenvalue weighted by atomic mass is 16.4. The van der Waals surface area contributed by atoms with Crippen molar-refractivity contribution in [3.63, 3.8) is 0 Å². The summed E-state index contributed by atoms with van der Waals surface area (Å²) in [4.78, 5) is 29.2. The van der Waals surface area contributed by atoms with Crippen LogP contribution < -0.4 is 10.2 Å². The zero-order valence-electron chi connectivity index (χ0n) is 18.1. The number of benzene rings is 2. The van der Waals surface area contributed by atoms with E-state index in [2.05, 4.69) is 15.1 Å². The Morgan fingerprint density at radius 2 is 1.68 bits per heavy atom. The topological polar surface area (TPSA) is 72.9 Å². The molecule has 1 heterocycles. The molecule has 4 rings (SSSR count). The SMILES string of the molecule is Cc1cccc(C(=O)Nc2cc(C(=O)O)ccc2N2CCN(C3CCCCC3)CC2)c1. The van der Waals surface area contributed by atoms with Gasteiger partial charge in [-0.15, -0.1) is 0 Å². The maximum atomic E-state index is 12.9. The number of aryl methyl sites for hydroxylation is 1. The number of rotatable bonds is 5. The molecule has 2 fully saturated rings. The van der Waals surface area contributed by atoms with Crippen LogP contribution in [-0.4, -0.2) is 54.1 Å². The molecule has 164 valence electrons. The number of nitrogens with zero attached hydrogens (tertiary/aromatic N) is 2. The summed E-state index contributed by atoms with van der Waals surface area (Å²) in [5.41, 5.74) is 3.18. The van der Waals surface area contributed by atoms with Crippen LogP contribution in [0.2, 0.25) is 0 Å². The van der Waals surface area contributed by atoms with Crippen LogP contribution in [0.5, 0.6) is 0 Å². The van der Waals surface area contributed by atoms with Crippen LogP contribution in [0.25, 0.3) is 0 Å². The Kier molecular flexibility index (Phi) is 6.56. The number of piperazine rings is 1. The van der Waals surface area contributed by atoms with Crippen molar-refractivity contribution in [1.82, 2.24) is 4.90 Å². The second-order valence-electron chi connectivity index (χ2n) is 8.68. The van der Waals surface area contributed by atoms with Gasteiger partial charge in [-0.05, 0) is 50.1 Å². The van der Waals surface area contributed by atoms with Crippen LogP contribution >= 0.6 is 0 Å². The lowest BCUT2D eigenvalue weighted by atomic mass is 9.94. The molecule has 1 amide bonds. The van der Waals surface area contributed by atoms with E-state index in [1.165, 1.54) is 32.1 Å². The lowest BCUT2D eigenvalue weighted by Crippen LogP contribution is -2.51. The van der Waals surface area contributed by atoms with Crippen molar-refractivity contribution < 1.29 is 14.7 Å². The van der Waals surface area contributed by atoms with Crippen molar-refractivity contribution in [3.8, 4) is 0 Å². The number of hydrogen-bond acceptors (Lipinski definition) is 4. The van der Waals surface area contributed by atoms with Crippen LogP contribution in [-0.2, 0) is 0 Å². The monoisotopic (exact) mass is 421 g/mol. The van der Waals surface area contributed by atoms with Gasteiger partial charge in [-0.1, -0.05) is 37.0 Å². The summed E-state index contributed by atoms with van der Waals surface area (Å²) in [5.74, 6) is -1.23. The van der Waals surface area contributed by atoms with E-state index in [1.54, 1.807) is 18.2 Å². The Bertz CT molecular complexity index is 945. The van der Waals surface area contributed by atoms with E-state index >= 15 is 0 Å². The van der Waals surface area contributed by atoms with E-state index < -0.39 is 5.97 Å². The van der Waals surface area contributed by atoms with Crippen LogP contribution in [0, 0.1) is 6.92 Å². The van der Waals surface area contributed by atoms with E-state index in [0.29, 0.717) is 17.3 Å². The van der Waals surface area contributed by atoms with Crippen molar-refractivity contribution in [3.05, 3.63) is 59.2 Å². The fraction of sp³-hybridized carbons (Fsp3) is 0.440. The lowest BCUT2D eigenvalue weighted by molar-refractivity contribution is 0.0696. The van der Waals surface area contributed by atoms with Gasteiger partial charge in [0.05, 0.1) is 16.9 Å². The quantitative estimate of drug-likeness (QED) is 0.749. The summed E-state index contributed by atoms with van der Waals surface area (Å²) >= 11 is 0. The van der Waals surface area contributed by atoms with Crippen molar-refractivity contribution in [2.45, 2.75) is 45.1 Å². The highest BCUT2D eigenvalue weighted by Crippen LogP contribution is 2.30. The van der Waals surface area contributed by atoms with Crippen LogP contribution in [0.3, 0.4) is 0 Å². The summed E-state index contributed by atoms with van der Waals surface area (Å²) in [6.07, 6.45) is 6.61. The van der Waals surface area contributed by atoms with E-state index in [1.807, 2.05) is 31.2 Å². The summed E-state index contributed by atoms with van der Waals surface area (Å²) in [7, 11) is 0. The normalized spacial score (nSPS) is 18.0. The average Bonchev–Trinajstić information content (AvgIpc) is 2.80. The second kappa shape index (κ2) is 9.52. The second-order valence-corrected chi connectivity index (χ2v) is 8.68. The van der Waals surface area contributed by atoms with E-state index in [0.717, 1.165) is 37.4 Å². The molecule has 2 aliphatic rings. The first-order valence-corrected chi connectivity index (χ1v) is 11.3. The van der Waals surface area contributed by atoms with Crippen molar-refractivity contribution in [2.24, 2.45) is 0 Å². The van der Waals surface area contributed by atoms with E-state index in [9.17, 15) is 14.7 Å². The van der Waals surface area contributed by atoms with Gasteiger partial charge in [0.2, 0.25) is 0 Å². The predicted octanol–water partition coefficient (Wildman–Crippen LogP) is 4.40.